The molecule has 0 saturated carbocycles. The third kappa shape index (κ3) is 3.73. The third-order valence-electron chi connectivity index (χ3n) is 1.79. The van der Waals surface area contributed by atoms with Crippen molar-refractivity contribution in [2.24, 2.45) is 0 Å². The zero-order valence-corrected chi connectivity index (χ0v) is 7.96. The molecule has 0 bridgehead atoms. The van der Waals surface area contributed by atoms with Crippen molar-refractivity contribution in [3.8, 4) is 0 Å². The van der Waals surface area contributed by atoms with Gasteiger partial charge in [0.25, 0.3) is 0 Å². The van der Waals surface area contributed by atoms with Gasteiger partial charge in [0.05, 0.1) is 26.4 Å². The Morgan fingerprint density at radius 1 is 1.64 bits per heavy atom. The molecule has 1 fully saturated rings. The Balaban J connectivity index is 2.05. The highest BCUT2D eigenvalue weighted by molar-refractivity contribution is 4.78. The van der Waals surface area contributed by atoms with E-state index in [2.05, 4.69) is 6.58 Å². The Labute approximate surface area is 82.9 Å². The van der Waals surface area contributed by atoms with Crippen molar-refractivity contribution in [3.63, 3.8) is 0 Å². The highest BCUT2D eigenvalue weighted by atomic mass is 16.7. The first-order valence-corrected chi connectivity index (χ1v) is 4.52. The molecule has 2 N–H and O–H groups in total. The topological polar surface area (TPSA) is 68.2 Å². The van der Waals surface area contributed by atoms with Crippen molar-refractivity contribution in [1.82, 2.24) is 0 Å². The SMILES string of the molecule is C=CC1OCC(COCC(O)CO)O1. The van der Waals surface area contributed by atoms with Crippen LogP contribution in [0.3, 0.4) is 0 Å². The van der Waals surface area contributed by atoms with E-state index < -0.39 is 6.10 Å². The van der Waals surface area contributed by atoms with Crippen LogP contribution in [0.25, 0.3) is 0 Å². The summed E-state index contributed by atoms with van der Waals surface area (Å²) in [5.41, 5.74) is 0. The Kier molecular flexibility index (Phi) is 5.06. The number of aliphatic hydroxyl groups is 2. The second-order valence-electron chi connectivity index (χ2n) is 3.07. The predicted molar refractivity (Wildman–Crippen MR) is 48.7 cm³/mol. The van der Waals surface area contributed by atoms with Crippen molar-refractivity contribution in [1.29, 1.82) is 0 Å². The highest BCUT2D eigenvalue weighted by Crippen LogP contribution is 2.12. The van der Waals surface area contributed by atoms with E-state index in [1.165, 1.54) is 0 Å². The minimum Gasteiger partial charge on any atom is -0.394 e. The smallest absolute Gasteiger partial charge is 0.177 e. The number of aliphatic hydroxyl groups excluding tert-OH is 2. The third-order valence-corrected chi connectivity index (χ3v) is 1.79. The van der Waals surface area contributed by atoms with Crippen LogP contribution in [0.1, 0.15) is 0 Å². The quantitative estimate of drug-likeness (QED) is 0.559. The molecular weight excluding hydrogens is 188 g/mol. The van der Waals surface area contributed by atoms with Gasteiger partial charge in [-0.2, -0.15) is 0 Å². The fourth-order valence-electron chi connectivity index (χ4n) is 1.07. The van der Waals surface area contributed by atoms with Gasteiger partial charge in [-0.05, 0) is 6.08 Å². The van der Waals surface area contributed by atoms with Crippen molar-refractivity contribution >= 4 is 0 Å². The summed E-state index contributed by atoms with van der Waals surface area (Å²) in [6.07, 6.45) is 0.269. The van der Waals surface area contributed by atoms with Crippen LogP contribution in [0.4, 0.5) is 0 Å². The molecule has 0 spiro atoms. The summed E-state index contributed by atoms with van der Waals surface area (Å²) >= 11 is 0. The summed E-state index contributed by atoms with van der Waals surface area (Å²) in [6, 6.07) is 0. The largest absolute Gasteiger partial charge is 0.394 e. The van der Waals surface area contributed by atoms with Crippen molar-refractivity contribution in [2.75, 3.05) is 26.4 Å². The van der Waals surface area contributed by atoms with Crippen molar-refractivity contribution in [3.05, 3.63) is 12.7 Å². The maximum Gasteiger partial charge on any atom is 0.177 e. The average Bonchev–Trinajstić information content (AvgIpc) is 2.65. The van der Waals surface area contributed by atoms with Crippen molar-refractivity contribution < 1.29 is 24.4 Å². The number of hydrogen-bond acceptors (Lipinski definition) is 5. The van der Waals surface area contributed by atoms with E-state index in [0.717, 1.165) is 0 Å². The van der Waals surface area contributed by atoms with Gasteiger partial charge in [-0.15, -0.1) is 0 Å². The fraction of sp³-hybridized carbons (Fsp3) is 0.778. The minimum absolute atomic E-state index is 0.106. The second kappa shape index (κ2) is 6.10. The van der Waals surface area contributed by atoms with Gasteiger partial charge in [-0.3, -0.25) is 0 Å². The molecule has 1 aliphatic rings. The molecule has 1 rings (SSSR count). The molecular formula is C9H16O5. The van der Waals surface area contributed by atoms with Gasteiger partial charge < -0.3 is 24.4 Å². The minimum atomic E-state index is -0.826. The van der Waals surface area contributed by atoms with E-state index in [-0.39, 0.29) is 25.6 Å². The first-order valence-electron chi connectivity index (χ1n) is 4.52. The average molecular weight is 204 g/mol. The Hall–Kier alpha value is -0.460. The highest BCUT2D eigenvalue weighted by Gasteiger charge is 2.23. The molecule has 3 atom stereocenters. The first-order chi connectivity index (χ1) is 6.76. The molecule has 1 aliphatic heterocycles. The zero-order chi connectivity index (χ0) is 10.4. The molecule has 0 aliphatic carbocycles. The predicted octanol–water partition coefficient (Wildman–Crippen LogP) is -0.716. The normalized spacial score (nSPS) is 29.0. The van der Waals surface area contributed by atoms with Crippen LogP contribution in [-0.2, 0) is 14.2 Å². The summed E-state index contributed by atoms with van der Waals surface area (Å²) < 4.78 is 15.6. The summed E-state index contributed by atoms with van der Waals surface area (Å²) in [5.74, 6) is 0. The lowest BCUT2D eigenvalue weighted by atomic mass is 10.4. The van der Waals surface area contributed by atoms with E-state index in [0.29, 0.717) is 13.2 Å². The molecule has 82 valence electrons. The lowest BCUT2D eigenvalue weighted by Gasteiger charge is -2.11. The molecule has 1 heterocycles. The van der Waals surface area contributed by atoms with E-state index in [4.69, 9.17) is 24.4 Å². The summed E-state index contributed by atoms with van der Waals surface area (Å²) in [4.78, 5) is 0. The van der Waals surface area contributed by atoms with Crippen LogP contribution < -0.4 is 0 Å². The molecule has 5 nitrogen and oxygen atoms in total. The summed E-state index contributed by atoms with van der Waals surface area (Å²) in [7, 11) is 0. The number of hydrogen-bond donors (Lipinski definition) is 2. The summed E-state index contributed by atoms with van der Waals surface area (Å²) in [5, 5.41) is 17.5. The van der Waals surface area contributed by atoms with Gasteiger partial charge in [0.15, 0.2) is 6.29 Å². The number of rotatable bonds is 6. The van der Waals surface area contributed by atoms with Crippen LogP contribution in [0, 0.1) is 0 Å². The van der Waals surface area contributed by atoms with Gasteiger partial charge in [0.1, 0.15) is 12.2 Å². The van der Waals surface area contributed by atoms with Crippen LogP contribution in [0.15, 0.2) is 12.7 Å². The molecule has 3 unspecified atom stereocenters. The van der Waals surface area contributed by atoms with Gasteiger partial charge in [0.2, 0.25) is 0 Å². The summed E-state index contributed by atoms with van der Waals surface area (Å²) in [6.45, 7) is 4.16. The maximum absolute atomic E-state index is 8.97. The standard InChI is InChI=1S/C9H16O5/c1-2-9-13-6-8(14-9)5-12-4-7(11)3-10/h2,7-11H,1,3-6H2. The molecule has 0 amide bonds. The van der Waals surface area contributed by atoms with Crippen LogP contribution in [-0.4, -0.2) is 55.1 Å². The molecule has 0 aromatic carbocycles. The lowest BCUT2D eigenvalue weighted by Crippen LogP contribution is -2.25. The van der Waals surface area contributed by atoms with Gasteiger partial charge >= 0.3 is 0 Å². The van der Waals surface area contributed by atoms with Crippen LogP contribution in [0.2, 0.25) is 0 Å². The molecule has 0 aromatic rings. The number of ether oxygens (including phenoxy) is 3. The molecule has 5 heteroatoms. The second-order valence-corrected chi connectivity index (χ2v) is 3.07. The first kappa shape index (κ1) is 11.6. The van der Waals surface area contributed by atoms with Gasteiger partial charge in [0, 0.05) is 0 Å². The van der Waals surface area contributed by atoms with Gasteiger partial charge in [-0.25, -0.2) is 0 Å². The molecule has 1 saturated heterocycles. The van der Waals surface area contributed by atoms with E-state index in [1.54, 1.807) is 6.08 Å². The Morgan fingerprint density at radius 3 is 3.00 bits per heavy atom. The molecule has 0 radical (unpaired) electrons. The fourth-order valence-corrected chi connectivity index (χ4v) is 1.07. The lowest BCUT2D eigenvalue weighted by molar-refractivity contribution is -0.0547. The Morgan fingerprint density at radius 2 is 2.43 bits per heavy atom. The molecule has 14 heavy (non-hydrogen) atoms. The maximum atomic E-state index is 8.97. The van der Waals surface area contributed by atoms with E-state index in [9.17, 15) is 0 Å². The van der Waals surface area contributed by atoms with Gasteiger partial charge in [-0.1, -0.05) is 6.58 Å². The Bertz CT molecular complexity index is 173. The monoisotopic (exact) mass is 204 g/mol. The van der Waals surface area contributed by atoms with E-state index in [1.807, 2.05) is 0 Å². The van der Waals surface area contributed by atoms with E-state index >= 15 is 0 Å². The van der Waals surface area contributed by atoms with Crippen LogP contribution >= 0.6 is 0 Å². The zero-order valence-electron chi connectivity index (χ0n) is 7.96. The molecule has 0 aromatic heterocycles. The van der Waals surface area contributed by atoms with Crippen LogP contribution in [0.5, 0.6) is 0 Å². The van der Waals surface area contributed by atoms with Crippen molar-refractivity contribution in [2.45, 2.75) is 18.5 Å².